The van der Waals surface area contributed by atoms with Gasteiger partial charge in [0.1, 0.15) is 11.7 Å². The molecule has 0 bridgehead atoms. The monoisotopic (exact) mass is 401 g/mol. The summed E-state index contributed by atoms with van der Waals surface area (Å²) in [7, 11) is 4.80. The Labute approximate surface area is 167 Å². The van der Waals surface area contributed by atoms with Crippen molar-refractivity contribution in [2.24, 2.45) is 5.92 Å². The van der Waals surface area contributed by atoms with Crippen LogP contribution in [0, 0.1) is 5.92 Å². The van der Waals surface area contributed by atoms with Crippen LogP contribution in [0.5, 0.6) is 0 Å². The number of amides is 1. The number of hydrogen-bond acceptors (Lipinski definition) is 7. The van der Waals surface area contributed by atoms with Crippen LogP contribution in [-0.4, -0.2) is 80.4 Å². The van der Waals surface area contributed by atoms with Gasteiger partial charge < -0.3 is 28.4 Å². The zero-order valence-electron chi connectivity index (χ0n) is 18.4. The van der Waals surface area contributed by atoms with E-state index in [1.807, 2.05) is 32.6 Å². The van der Waals surface area contributed by atoms with E-state index in [9.17, 15) is 4.79 Å². The predicted octanol–water partition coefficient (Wildman–Crippen LogP) is 2.54. The number of ether oxygens (including phenoxy) is 6. The molecule has 0 aromatic heterocycles. The van der Waals surface area contributed by atoms with Gasteiger partial charge >= 0.3 is 6.09 Å². The number of nitrogens with zero attached hydrogens (tertiary/aromatic N) is 1. The summed E-state index contributed by atoms with van der Waals surface area (Å²) in [4.78, 5) is 14.8. The molecular weight excluding hydrogens is 366 g/mol. The molecule has 162 valence electrons. The zero-order valence-corrected chi connectivity index (χ0v) is 18.4. The number of piperidine rings is 1. The van der Waals surface area contributed by atoms with E-state index in [2.05, 4.69) is 0 Å². The molecule has 0 unspecified atom stereocenters. The number of fused-ring (bicyclic) bond motifs is 1. The highest BCUT2D eigenvalue weighted by Crippen LogP contribution is 2.56. The minimum Gasteiger partial charge on any atom is -0.444 e. The van der Waals surface area contributed by atoms with Crippen molar-refractivity contribution in [1.82, 2.24) is 4.90 Å². The highest BCUT2D eigenvalue weighted by molar-refractivity contribution is 5.70. The van der Waals surface area contributed by atoms with Gasteiger partial charge in [-0.2, -0.15) is 0 Å². The third-order valence-corrected chi connectivity index (χ3v) is 6.42. The number of rotatable bonds is 4. The molecule has 3 aliphatic rings. The quantitative estimate of drug-likeness (QED) is 0.716. The summed E-state index contributed by atoms with van der Waals surface area (Å²) in [6.45, 7) is 10.0. The molecule has 0 radical (unpaired) electrons. The fourth-order valence-corrected chi connectivity index (χ4v) is 4.49. The highest BCUT2D eigenvalue weighted by atomic mass is 16.8. The molecule has 3 fully saturated rings. The van der Waals surface area contributed by atoms with Crippen LogP contribution in [0.15, 0.2) is 0 Å². The van der Waals surface area contributed by atoms with Gasteiger partial charge in [0.05, 0.1) is 24.8 Å². The first-order chi connectivity index (χ1) is 13.0. The molecular formula is C20H35NO7. The van der Waals surface area contributed by atoms with Crippen molar-refractivity contribution in [1.29, 1.82) is 0 Å². The molecule has 8 heteroatoms. The Morgan fingerprint density at radius 3 is 2.11 bits per heavy atom. The van der Waals surface area contributed by atoms with Gasteiger partial charge in [-0.1, -0.05) is 0 Å². The molecule has 2 saturated heterocycles. The highest BCUT2D eigenvalue weighted by Gasteiger charge is 2.68. The minimum absolute atomic E-state index is 0.0559. The molecule has 1 aliphatic carbocycles. The van der Waals surface area contributed by atoms with E-state index in [-0.39, 0.29) is 29.8 Å². The summed E-state index contributed by atoms with van der Waals surface area (Å²) in [5, 5.41) is 0. The Bertz CT molecular complexity index is 602. The fourth-order valence-electron chi connectivity index (χ4n) is 4.49. The van der Waals surface area contributed by atoms with E-state index in [1.54, 1.807) is 28.3 Å². The lowest BCUT2D eigenvalue weighted by Crippen LogP contribution is -2.73. The Morgan fingerprint density at radius 1 is 1.07 bits per heavy atom. The number of hydrogen-bond donors (Lipinski definition) is 0. The van der Waals surface area contributed by atoms with Gasteiger partial charge in [0.25, 0.3) is 0 Å². The van der Waals surface area contributed by atoms with E-state index >= 15 is 0 Å². The standard InChI is InChI=1S/C20H35NO7/c1-17(2,3)28-16(22)21-11-14-15(13(12-23-6)20(21)9-10-20)27-19(5,25-8)18(4,24-7)26-14/h13-15H,9-12H2,1-8H3/t13-,14-,15-,18+,19+/m1/s1. The van der Waals surface area contributed by atoms with Crippen LogP contribution < -0.4 is 0 Å². The van der Waals surface area contributed by atoms with E-state index in [0.29, 0.717) is 13.2 Å². The van der Waals surface area contributed by atoms with E-state index in [4.69, 9.17) is 28.4 Å². The van der Waals surface area contributed by atoms with Crippen LogP contribution in [-0.2, 0) is 28.4 Å². The van der Waals surface area contributed by atoms with Crippen LogP contribution in [0.25, 0.3) is 0 Å². The molecule has 5 atom stereocenters. The van der Waals surface area contributed by atoms with E-state index < -0.39 is 17.2 Å². The molecule has 2 heterocycles. The van der Waals surface area contributed by atoms with E-state index in [1.165, 1.54) is 0 Å². The summed E-state index contributed by atoms with van der Waals surface area (Å²) < 4.78 is 35.4. The van der Waals surface area contributed by atoms with Crippen molar-refractivity contribution in [3.8, 4) is 0 Å². The molecule has 1 saturated carbocycles. The number of carbonyl (C=O) groups is 1. The molecule has 8 nitrogen and oxygen atoms in total. The first-order valence-corrected chi connectivity index (χ1v) is 9.91. The van der Waals surface area contributed by atoms with Crippen LogP contribution in [0.1, 0.15) is 47.5 Å². The summed E-state index contributed by atoms with van der Waals surface area (Å²) in [5.74, 6) is -2.26. The Morgan fingerprint density at radius 2 is 1.64 bits per heavy atom. The Kier molecular flexibility index (Phi) is 5.51. The Hall–Kier alpha value is -0.930. The summed E-state index contributed by atoms with van der Waals surface area (Å²) in [5.41, 5.74) is -0.904. The maximum Gasteiger partial charge on any atom is 0.410 e. The summed E-state index contributed by atoms with van der Waals surface area (Å²) in [6, 6.07) is 0. The molecule has 28 heavy (non-hydrogen) atoms. The normalized spacial score (nSPS) is 39.6. The van der Waals surface area contributed by atoms with Crippen molar-refractivity contribution >= 4 is 6.09 Å². The second kappa shape index (κ2) is 7.09. The van der Waals surface area contributed by atoms with Gasteiger partial charge in [-0.15, -0.1) is 0 Å². The predicted molar refractivity (Wildman–Crippen MR) is 101 cm³/mol. The van der Waals surface area contributed by atoms with Crippen LogP contribution in [0.2, 0.25) is 0 Å². The summed E-state index contributed by atoms with van der Waals surface area (Å²) >= 11 is 0. The fraction of sp³-hybridized carbons (Fsp3) is 0.950. The number of likely N-dealkylation sites (tertiary alicyclic amines) is 1. The second-order valence-electron chi connectivity index (χ2n) is 9.29. The van der Waals surface area contributed by atoms with Crippen LogP contribution in [0.4, 0.5) is 4.79 Å². The minimum atomic E-state index is -1.12. The average molecular weight is 402 g/mol. The van der Waals surface area contributed by atoms with Gasteiger partial charge in [-0.25, -0.2) is 4.79 Å². The lowest BCUT2D eigenvalue weighted by Gasteiger charge is -2.58. The molecule has 0 aromatic carbocycles. The zero-order chi connectivity index (χ0) is 21.0. The third-order valence-electron chi connectivity index (χ3n) is 6.42. The number of methoxy groups -OCH3 is 3. The molecule has 3 rings (SSSR count). The van der Waals surface area contributed by atoms with Gasteiger partial charge in [-0.3, -0.25) is 4.90 Å². The van der Waals surface area contributed by atoms with Crippen molar-refractivity contribution in [2.75, 3.05) is 34.5 Å². The second-order valence-corrected chi connectivity index (χ2v) is 9.29. The van der Waals surface area contributed by atoms with Crippen molar-refractivity contribution < 1.29 is 33.2 Å². The topological polar surface area (TPSA) is 75.7 Å². The van der Waals surface area contributed by atoms with Crippen molar-refractivity contribution in [3.63, 3.8) is 0 Å². The number of carbonyl (C=O) groups excluding carboxylic acids is 1. The maximum absolute atomic E-state index is 13.0. The summed E-state index contributed by atoms with van der Waals surface area (Å²) in [6.07, 6.45) is 0.782. The van der Waals surface area contributed by atoms with Crippen molar-refractivity contribution in [2.45, 2.75) is 82.4 Å². The van der Waals surface area contributed by atoms with Gasteiger partial charge in [0, 0.05) is 27.2 Å². The molecule has 1 spiro atoms. The lowest BCUT2D eigenvalue weighted by atomic mass is 9.81. The van der Waals surface area contributed by atoms with Crippen LogP contribution >= 0.6 is 0 Å². The molecule has 0 aromatic rings. The Balaban J connectivity index is 1.94. The van der Waals surface area contributed by atoms with Gasteiger partial charge in [0.2, 0.25) is 11.6 Å². The third kappa shape index (κ3) is 3.43. The van der Waals surface area contributed by atoms with Crippen molar-refractivity contribution in [3.05, 3.63) is 0 Å². The first kappa shape index (κ1) is 21.8. The first-order valence-electron chi connectivity index (χ1n) is 9.91. The smallest absolute Gasteiger partial charge is 0.410 e. The molecule has 0 N–H and O–H groups in total. The SMILES string of the molecule is COC[C@@H]1[C@H]2O[C@](C)(OC)[C@@](C)(OC)O[C@@H]2CN(C(=O)OC(C)(C)C)C12CC2. The van der Waals surface area contributed by atoms with Gasteiger partial charge in [-0.05, 0) is 47.5 Å². The largest absolute Gasteiger partial charge is 0.444 e. The molecule has 1 amide bonds. The van der Waals surface area contributed by atoms with E-state index in [0.717, 1.165) is 12.8 Å². The lowest BCUT2D eigenvalue weighted by molar-refractivity contribution is -0.459. The molecule has 2 aliphatic heterocycles. The average Bonchev–Trinajstić information content (AvgIpc) is 3.39. The van der Waals surface area contributed by atoms with Gasteiger partial charge in [0.15, 0.2) is 0 Å². The van der Waals surface area contributed by atoms with Crippen LogP contribution in [0.3, 0.4) is 0 Å². The maximum atomic E-state index is 13.0.